The predicted molar refractivity (Wildman–Crippen MR) is 181 cm³/mol. The molecule has 0 aromatic heterocycles. The van der Waals surface area contributed by atoms with Crippen molar-refractivity contribution in [3.63, 3.8) is 0 Å². The highest BCUT2D eigenvalue weighted by molar-refractivity contribution is 7.91. The van der Waals surface area contributed by atoms with Crippen LogP contribution >= 0.6 is 0 Å². The zero-order valence-corrected chi connectivity index (χ0v) is 28.8. The van der Waals surface area contributed by atoms with Gasteiger partial charge in [-0.25, -0.2) is 13.1 Å². The molecule has 0 amide bonds. The lowest BCUT2D eigenvalue weighted by Gasteiger charge is -2.22. The molecule has 2 N–H and O–H groups in total. The molecule has 0 radical (unpaired) electrons. The first kappa shape index (κ1) is 36.5. The number of rotatable bonds is 18. The van der Waals surface area contributed by atoms with Crippen LogP contribution < -0.4 is 15.0 Å². The average Bonchev–Trinajstić information content (AvgIpc) is 3.04. The molecule has 14 heteroatoms. The molecule has 0 bridgehead atoms. The van der Waals surface area contributed by atoms with E-state index in [1.54, 1.807) is 0 Å². The van der Waals surface area contributed by atoms with Gasteiger partial charge in [-0.15, -0.1) is 0 Å². The smallest absolute Gasteiger partial charge is 0.295 e. The first-order valence-electron chi connectivity index (χ1n) is 15.6. The van der Waals surface area contributed by atoms with Gasteiger partial charge in [0.2, 0.25) is 10.0 Å². The Morgan fingerprint density at radius 1 is 0.809 bits per heavy atom. The van der Waals surface area contributed by atoms with Crippen molar-refractivity contribution in [1.82, 2.24) is 4.72 Å². The molecule has 0 spiro atoms. The van der Waals surface area contributed by atoms with Gasteiger partial charge < -0.3 is 23.5 Å². The Balaban J connectivity index is 1.71. The molecule has 2 aromatic rings. The van der Waals surface area contributed by atoms with Crippen molar-refractivity contribution in [3.8, 4) is 22.5 Å². The van der Waals surface area contributed by atoms with Gasteiger partial charge in [0.25, 0.3) is 10.1 Å². The highest BCUT2D eigenvalue weighted by Gasteiger charge is 2.27. The molecule has 47 heavy (non-hydrogen) atoms. The minimum atomic E-state index is -4.97. The van der Waals surface area contributed by atoms with Gasteiger partial charge in [-0.1, -0.05) is 6.07 Å². The van der Waals surface area contributed by atoms with Crippen molar-refractivity contribution in [2.45, 2.75) is 37.5 Å². The van der Waals surface area contributed by atoms with E-state index in [1.165, 1.54) is 18.2 Å². The fourth-order valence-corrected chi connectivity index (χ4v) is 7.56. The number of benzene rings is 3. The lowest BCUT2D eigenvalue weighted by Crippen LogP contribution is -2.29. The van der Waals surface area contributed by atoms with Crippen molar-refractivity contribution in [2.24, 2.45) is 4.99 Å². The number of hydrogen-bond acceptors (Lipinski definition) is 10. The van der Waals surface area contributed by atoms with Crippen molar-refractivity contribution in [2.75, 3.05) is 70.7 Å². The molecule has 0 fully saturated rings. The first-order chi connectivity index (χ1) is 22.5. The Morgan fingerprint density at radius 3 is 2.17 bits per heavy atom. The second-order valence-electron chi connectivity index (χ2n) is 10.4. The Bertz CT molecular complexity index is 1900. The lowest BCUT2D eigenvalue weighted by atomic mass is 9.93. The summed E-state index contributed by atoms with van der Waals surface area (Å²) in [7, 11) is -9.32. The van der Waals surface area contributed by atoms with Crippen LogP contribution in [0.4, 0.5) is 5.69 Å². The van der Waals surface area contributed by atoms with Crippen LogP contribution in [0.1, 0.15) is 27.7 Å². The normalized spacial score (nSPS) is 12.7. The molecular weight excluding hydrogens is 647 g/mol. The summed E-state index contributed by atoms with van der Waals surface area (Å²) in [4.78, 5) is 5.33. The van der Waals surface area contributed by atoms with Crippen LogP contribution in [0.15, 0.2) is 73.8 Å². The maximum absolute atomic E-state index is 13.3. The molecule has 1 aliphatic carbocycles. The van der Waals surface area contributed by atoms with Gasteiger partial charge in [0.1, 0.15) is 21.1 Å². The van der Waals surface area contributed by atoms with Crippen LogP contribution in [-0.4, -0.2) is 87.2 Å². The molecule has 12 nitrogen and oxygen atoms in total. The van der Waals surface area contributed by atoms with Crippen molar-refractivity contribution in [1.29, 1.82) is 0 Å². The Kier molecular flexibility index (Phi) is 12.9. The summed E-state index contributed by atoms with van der Waals surface area (Å²) >= 11 is 0. The van der Waals surface area contributed by atoms with Crippen molar-refractivity contribution in [3.05, 3.63) is 60.0 Å². The minimum absolute atomic E-state index is 0.0284. The summed E-state index contributed by atoms with van der Waals surface area (Å²) in [6.07, 6.45) is 0. The van der Waals surface area contributed by atoms with E-state index in [9.17, 15) is 21.4 Å². The summed E-state index contributed by atoms with van der Waals surface area (Å²) in [5.41, 5.74) is 3.17. The van der Waals surface area contributed by atoms with Gasteiger partial charge in [0.05, 0.1) is 38.4 Å². The van der Waals surface area contributed by atoms with E-state index < -0.39 is 29.9 Å². The fraction of sp³-hybridized carbons (Fsp3) is 0.424. The Morgan fingerprint density at radius 2 is 1.51 bits per heavy atom. The summed E-state index contributed by atoms with van der Waals surface area (Å²) in [6.45, 7) is 12.1. The van der Waals surface area contributed by atoms with Crippen LogP contribution in [0, 0.1) is 0 Å². The third kappa shape index (κ3) is 9.16. The van der Waals surface area contributed by atoms with Gasteiger partial charge in [0.15, 0.2) is 0 Å². The molecule has 0 saturated carbocycles. The number of sulfonamides is 1. The first-order valence-corrected chi connectivity index (χ1v) is 18.6. The number of nitrogens with zero attached hydrogens (tertiary/aromatic N) is 2. The van der Waals surface area contributed by atoms with Gasteiger partial charge in [-0.3, -0.25) is 9.55 Å². The third-order valence-corrected chi connectivity index (χ3v) is 9.99. The average molecular weight is 690 g/mol. The minimum Gasteiger partial charge on any atom is -0.456 e. The number of hydrogen-bond donors (Lipinski definition) is 2. The number of anilines is 1. The van der Waals surface area contributed by atoms with Crippen molar-refractivity contribution >= 4 is 36.8 Å². The quantitative estimate of drug-likeness (QED) is 0.0862. The maximum atomic E-state index is 13.3. The highest BCUT2D eigenvalue weighted by Crippen LogP contribution is 2.42. The standard InChI is InChI=1S/C33H43N3O9S2/c1-5-34-25-10-12-27-29(22-25)45-30-23-26(36(6-2)7-3)11-13-28(30)33(27)24-9-14-31(32(21-24)47(39,40)41)46(37,38)35-15-16-43-19-20-44-18-17-42-8-4/h9-14,21-23,35H,5-8,15-20H2,1-4H3,(H,39,40,41)/b34-25+. The largest absolute Gasteiger partial charge is 0.456 e. The SMILES string of the molecule is CC/N=c1\ccc2c(-c3ccc(S(=O)(=O)NCCOCCOCCOCC)c(S(=O)(=O)O)c3)c3ccc(N(CC)CC)cc3oc-2c1. The van der Waals surface area contributed by atoms with E-state index in [0.29, 0.717) is 66.4 Å². The van der Waals surface area contributed by atoms with E-state index in [2.05, 4.69) is 28.5 Å². The van der Waals surface area contributed by atoms with Gasteiger partial charge in [-0.2, -0.15) is 8.42 Å². The van der Waals surface area contributed by atoms with Crippen molar-refractivity contribution < 1.29 is 40.0 Å². The summed E-state index contributed by atoms with van der Waals surface area (Å²) in [5, 5.41) is 1.40. The summed E-state index contributed by atoms with van der Waals surface area (Å²) < 4.78 is 86.7. The zero-order valence-electron chi connectivity index (χ0n) is 27.2. The van der Waals surface area contributed by atoms with E-state index >= 15 is 0 Å². The van der Waals surface area contributed by atoms with Gasteiger partial charge in [0, 0.05) is 67.1 Å². The second-order valence-corrected chi connectivity index (χ2v) is 13.6. The Labute approximate surface area is 276 Å². The highest BCUT2D eigenvalue weighted by atomic mass is 32.2. The number of fused-ring (bicyclic) bond motifs is 2. The topological polar surface area (TPSA) is 157 Å². The molecule has 2 aliphatic rings. The molecule has 1 heterocycles. The van der Waals surface area contributed by atoms with Crippen LogP contribution in [0.2, 0.25) is 0 Å². The monoisotopic (exact) mass is 689 g/mol. The van der Waals surface area contributed by atoms with Gasteiger partial charge in [-0.05, 0) is 69.7 Å². The van der Waals surface area contributed by atoms with Crippen LogP contribution in [0.3, 0.4) is 0 Å². The number of nitrogens with one attached hydrogen (secondary N) is 1. The molecule has 0 unspecified atom stereocenters. The van der Waals surface area contributed by atoms with Crippen LogP contribution in [0.5, 0.6) is 0 Å². The van der Waals surface area contributed by atoms with E-state index in [0.717, 1.165) is 24.1 Å². The molecule has 0 atom stereocenters. The fourth-order valence-electron chi connectivity index (χ4n) is 5.24. The summed E-state index contributed by atoms with van der Waals surface area (Å²) in [6, 6.07) is 15.2. The molecular formula is C33H43N3O9S2. The van der Waals surface area contributed by atoms with Crippen LogP contribution in [-0.2, 0) is 34.4 Å². The van der Waals surface area contributed by atoms with Crippen LogP contribution in [0.25, 0.3) is 33.4 Å². The van der Waals surface area contributed by atoms with E-state index in [-0.39, 0.29) is 19.8 Å². The molecule has 256 valence electrons. The predicted octanol–water partition coefficient (Wildman–Crippen LogP) is 4.57. The molecule has 4 rings (SSSR count). The maximum Gasteiger partial charge on any atom is 0.295 e. The molecule has 1 aliphatic heterocycles. The second kappa shape index (κ2) is 16.6. The lowest BCUT2D eigenvalue weighted by molar-refractivity contribution is 0.0181. The zero-order chi connectivity index (χ0) is 34.0. The Hall–Kier alpha value is -3.37. The number of ether oxygens (including phenoxy) is 3. The summed E-state index contributed by atoms with van der Waals surface area (Å²) in [5.74, 6) is 0.519. The third-order valence-electron chi connectivity index (χ3n) is 7.44. The molecule has 0 saturated heterocycles. The van der Waals surface area contributed by atoms with E-state index in [1.807, 2.05) is 50.2 Å². The van der Waals surface area contributed by atoms with Gasteiger partial charge >= 0.3 is 0 Å². The molecule has 2 aromatic carbocycles. The van der Waals surface area contributed by atoms with E-state index in [4.69, 9.17) is 18.6 Å².